The van der Waals surface area contributed by atoms with Crippen molar-refractivity contribution in [3.05, 3.63) is 70.1 Å². The molecule has 0 aliphatic carbocycles. The first-order valence-electron chi connectivity index (χ1n) is 7.94. The van der Waals surface area contributed by atoms with Gasteiger partial charge in [0.05, 0.1) is 18.1 Å². The molecule has 0 saturated heterocycles. The number of aromatic nitrogens is 2. The first-order chi connectivity index (χ1) is 12.1. The van der Waals surface area contributed by atoms with E-state index in [2.05, 4.69) is 10.3 Å². The van der Waals surface area contributed by atoms with Gasteiger partial charge in [0.1, 0.15) is 18.0 Å². The van der Waals surface area contributed by atoms with Crippen LogP contribution in [0.1, 0.15) is 11.3 Å². The zero-order chi connectivity index (χ0) is 17.8. The molecule has 3 aromatic rings. The van der Waals surface area contributed by atoms with E-state index >= 15 is 0 Å². The summed E-state index contributed by atoms with van der Waals surface area (Å²) in [5.74, 6) is 0.499. The van der Waals surface area contributed by atoms with E-state index in [-0.39, 0.29) is 18.0 Å². The number of ether oxygens (including phenoxy) is 1. The average molecular weight is 337 g/mol. The number of carbonyl (C=O) groups excluding carboxylic acids is 1. The second-order valence-electron chi connectivity index (χ2n) is 5.71. The molecule has 0 saturated carbocycles. The SMILES string of the molecule is COc1cccc(CNC(=O)Cn2c(=O)c(C)nc3ccccc32)c1. The average Bonchev–Trinajstić information content (AvgIpc) is 2.64. The van der Waals surface area contributed by atoms with E-state index in [0.29, 0.717) is 23.3 Å². The van der Waals surface area contributed by atoms with Crippen molar-refractivity contribution in [2.45, 2.75) is 20.0 Å². The topological polar surface area (TPSA) is 73.2 Å². The van der Waals surface area contributed by atoms with E-state index in [1.807, 2.05) is 42.5 Å². The fraction of sp³-hybridized carbons (Fsp3) is 0.211. The molecular formula is C19H19N3O3. The van der Waals surface area contributed by atoms with Crippen LogP contribution in [0.5, 0.6) is 5.75 Å². The van der Waals surface area contributed by atoms with Crippen LogP contribution >= 0.6 is 0 Å². The normalized spacial score (nSPS) is 10.6. The van der Waals surface area contributed by atoms with Crippen LogP contribution in [0.3, 0.4) is 0 Å². The molecule has 0 fully saturated rings. The quantitative estimate of drug-likeness (QED) is 0.773. The summed E-state index contributed by atoms with van der Waals surface area (Å²) in [7, 11) is 1.60. The molecule has 128 valence electrons. The molecule has 0 radical (unpaired) electrons. The number of amides is 1. The van der Waals surface area contributed by atoms with Crippen molar-refractivity contribution in [1.82, 2.24) is 14.9 Å². The number of nitrogens with one attached hydrogen (secondary N) is 1. The summed E-state index contributed by atoms with van der Waals surface area (Å²) in [5.41, 5.74) is 2.39. The van der Waals surface area contributed by atoms with Gasteiger partial charge in [-0.1, -0.05) is 24.3 Å². The third-order valence-corrected chi connectivity index (χ3v) is 3.94. The Morgan fingerprint density at radius 1 is 1.20 bits per heavy atom. The fourth-order valence-electron chi connectivity index (χ4n) is 2.66. The molecule has 0 atom stereocenters. The van der Waals surface area contributed by atoms with Gasteiger partial charge in [-0.3, -0.25) is 14.2 Å². The minimum atomic E-state index is -0.254. The van der Waals surface area contributed by atoms with Crippen LogP contribution in [0.2, 0.25) is 0 Å². The maximum absolute atomic E-state index is 12.4. The Hall–Kier alpha value is -3.15. The molecule has 1 heterocycles. The number of rotatable bonds is 5. The Balaban J connectivity index is 1.78. The van der Waals surface area contributed by atoms with E-state index in [1.165, 1.54) is 4.57 Å². The largest absolute Gasteiger partial charge is 0.497 e. The molecule has 1 amide bonds. The highest BCUT2D eigenvalue weighted by atomic mass is 16.5. The van der Waals surface area contributed by atoms with Gasteiger partial charge in [0.15, 0.2) is 0 Å². The number of benzene rings is 2. The zero-order valence-electron chi connectivity index (χ0n) is 14.2. The van der Waals surface area contributed by atoms with Gasteiger partial charge in [0, 0.05) is 6.54 Å². The number of hydrogen-bond donors (Lipinski definition) is 1. The lowest BCUT2D eigenvalue weighted by molar-refractivity contribution is -0.121. The summed E-state index contributed by atoms with van der Waals surface area (Å²) >= 11 is 0. The molecule has 1 N–H and O–H groups in total. The molecule has 0 unspecified atom stereocenters. The van der Waals surface area contributed by atoms with E-state index in [1.54, 1.807) is 20.1 Å². The van der Waals surface area contributed by atoms with Gasteiger partial charge in [-0.25, -0.2) is 4.98 Å². The van der Waals surface area contributed by atoms with Crippen LogP contribution in [-0.4, -0.2) is 22.6 Å². The smallest absolute Gasteiger partial charge is 0.272 e. The van der Waals surface area contributed by atoms with Gasteiger partial charge in [-0.15, -0.1) is 0 Å². The molecule has 2 aromatic carbocycles. The Bertz CT molecular complexity index is 979. The zero-order valence-corrected chi connectivity index (χ0v) is 14.2. The van der Waals surface area contributed by atoms with Gasteiger partial charge in [-0.2, -0.15) is 0 Å². The van der Waals surface area contributed by atoms with Gasteiger partial charge in [-0.05, 0) is 36.8 Å². The van der Waals surface area contributed by atoms with Crippen molar-refractivity contribution < 1.29 is 9.53 Å². The summed E-state index contributed by atoms with van der Waals surface area (Å²) in [6.07, 6.45) is 0. The summed E-state index contributed by atoms with van der Waals surface area (Å²) in [4.78, 5) is 29.0. The summed E-state index contributed by atoms with van der Waals surface area (Å²) in [6.45, 7) is 1.97. The number of methoxy groups -OCH3 is 1. The molecule has 0 spiro atoms. The lowest BCUT2D eigenvalue weighted by atomic mass is 10.2. The molecule has 6 heteroatoms. The number of hydrogen-bond acceptors (Lipinski definition) is 4. The van der Waals surface area contributed by atoms with Crippen LogP contribution in [-0.2, 0) is 17.9 Å². The predicted octanol–water partition coefficient (Wildman–Crippen LogP) is 2.03. The first-order valence-corrected chi connectivity index (χ1v) is 7.94. The van der Waals surface area contributed by atoms with Crippen molar-refractivity contribution >= 4 is 16.9 Å². The second-order valence-corrected chi connectivity index (χ2v) is 5.71. The Morgan fingerprint density at radius 3 is 2.80 bits per heavy atom. The van der Waals surface area contributed by atoms with Crippen molar-refractivity contribution in [3.63, 3.8) is 0 Å². The molecule has 1 aromatic heterocycles. The van der Waals surface area contributed by atoms with Crippen molar-refractivity contribution in [2.24, 2.45) is 0 Å². The number of nitrogens with zero attached hydrogens (tertiary/aromatic N) is 2. The van der Waals surface area contributed by atoms with Crippen LogP contribution < -0.4 is 15.6 Å². The summed E-state index contributed by atoms with van der Waals surface area (Å²) in [6, 6.07) is 14.8. The molecule has 0 aliphatic heterocycles. The molecule has 0 aliphatic rings. The monoisotopic (exact) mass is 337 g/mol. The number of carbonyl (C=O) groups is 1. The highest BCUT2D eigenvalue weighted by Crippen LogP contribution is 2.12. The predicted molar refractivity (Wildman–Crippen MR) is 95.6 cm³/mol. The molecule has 3 rings (SSSR count). The first kappa shape index (κ1) is 16.7. The van der Waals surface area contributed by atoms with E-state index in [0.717, 1.165) is 11.3 Å². The van der Waals surface area contributed by atoms with Gasteiger partial charge in [0.25, 0.3) is 5.56 Å². The van der Waals surface area contributed by atoms with Crippen LogP contribution in [0.4, 0.5) is 0 Å². The van der Waals surface area contributed by atoms with E-state index in [9.17, 15) is 9.59 Å². The van der Waals surface area contributed by atoms with Crippen LogP contribution in [0, 0.1) is 6.92 Å². The highest BCUT2D eigenvalue weighted by Gasteiger charge is 2.11. The fourth-order valence-corrected chi connectivity index (χ4v) is 2.66. The summed E-state index contributed by atoms with van der Waals surface area (Å²) in [5, 5.41) is 2.84. The maximum Gasteiger partial charge on any atom is 0.272 e. The molecule has 25 heavy (non-hydrogen) atoms. The van der Waals surface area contributed by atoms with Crippen molar-refractivity contribution in [2.75, 3.05) is 7.11 Å². The maximum atomic E-state index is 12.4. The standard InChI is InChI=1S/C19H19N3O3/c1-13-19(24)22(17-9-4-3-8-16(17)21-13)12-18(23)20-11-14-6-5-7-15(10-14)25-2/h3-10H,11-12H2,1-2H3,(H,20,23). The molecule has 6 nitrogen and oxygen atoms in total. The second kappa shape index (κ2) is 7.17. The van der Waals surface area contributed by atoms with Gasteiger partial charge < -0.3 is 10.1 Å². The Morgan fingerprint density at radius 2 is 2.00 bits per heavy atom. The Kier molecular flexibility index (Phi) is 4.79. The summed E-state index contributed by atoms with van der Waals surface area (Å²) < 4.78 is 6.63. The van der Waals surface area contributed by atoms with Crippen LogP contribution in [0.25, 0.3) is 11.0 Å². The highest BCUT2D eigenvalue weighted by molar-refractivity contribution is 5.80. The van der Waals surface area contributed by atoms with Gasteiger partial charge >= 0.3 is 0 Å². The number of para-hydroxylation sites is 2. The molecule has 0 bridgehead atoms. The van der Waals surface area contributed by atoms with Crippen LogP contribution in [0.15, 0.2) is 53.3 Å². The number of aryl methyl sites for hydroxylation is 1. The molecular weight excluding hydrogens is 318 g/mol. The lowest BCUT2D eigenvalue weighted by Crippen LogP contribution is -2.33. The minimum Gasteiger partial charge on any atom is -0.497 e. The lowest BCUT2D eigenvalue weighted by Gasteiger charge is -2.11. The van der Waals surface area contributed by atoms with Crippen molar-refractivity contribution in [1.29, 1.82) is 0 Å². The Labute approximate surface area is 145 Å². The third kappa shape index (κ3) is 3.68. The third-order valence-electron chi connectivity index (χ3n) is 3.94. The minimum absolute atomic E-state index is 0.0489. The van der Waals surface area contributed by atoms with Gasteiger partial charge in [0.2, 0.25) is 5.91 Å². The number of fused-ring (bicyclic) bond motifs is 1. The van der Waals surface area contributed by atoms with Crippen molar-refractivity contribution in [3.8, 4) is 5.75 Å². The van der Waals surface area contributed by atoms with E-state index in [4.69, 9.17) is 4.74 Å². The van der Waals surface area contributed by atoms with E-state index < -0.39 is 0 Å².